The summed E-state index contributed by atoms with van der Waals surface area (Å²) in [6.07, 6.45) is 0.895. The molecule has 0 unspecified atom stereocenters. The fraction of sp³-hybridized carbons (Fsp3) is 0.818. The van der Waals surface area contributed by atoms with Crippen LogP contribution < -0.4 is 5.73 Å². The summed E-state index contributed by atoms with van der Waals surface area (Å²) in [6.45, 7) is 14.4. The molecular weight excluding hydrogens is 222 g/mol. The lowest BCUT2D eigenvalue weighted by atomic mass is 10.5. The molecule has 16 heavy (non-hydrogen) atoms. The zero-order valence-electron chi connectivity index (χ0n) is 11.0. The average Bonchev–Trinajstić information content (AvgIpc) is 2.30. The molecule has 0 saturated heterocycles. The van der Waals surface area contributed by atoms with E-state index in [1.807, 2.05) is 20.8 Å². The van der Waals surface area contributed by atoms with Gasteiger partial charge in [-0.15, -0.1) is 13.2 Å². The molecule has 0 amide bonds. The molecule has 0 aliphatic rings. The van der Waals surface area contributed by atoms with Crippen molar-refractivity contribution in [2.45, 2.75) is 33.2 Å². The maximum atomic E-state index is 5.65. The molecular formula is C11H27NO3Si. The second-order valence-electron chi connectivity index (χ2n) is 2.87. The monoisotopic (exact) mass is 249 g/mol. The molecule has 0 radical (unpaired) electrons. The van der Waals surface area contributed by atoms with Crippen molar-refractivity contribution in [3.8, 4) is 0 Å². The van der Waals surface area contributed by atoms with Gasteiger partial charge in [0.05, 0.1) is 0 Å². The van der Waals surface area contributed by atoms with Crippen LogP contribution in [-0.2, 0) is 13.3 Å². The van der Waals surface area contributed by atoms with E-state index in [-0.39, 0.29) is 0 Å². The van der Waals surface area contributed by atoms with Crippen molar-refractivity contribution in [3.05, 3.63) is 13.2 Å². The van der Waals surface area contributed by atoms with E-state index in [0.717, 1.165) is 12.5 Å². The van der Waals surface area contributed by atoms with Gasteiger partial charge in [0.25, 0.3) is 0 Å². The highest BCUT2D eigenvalue weighted by Crippen LogP contribution is 2.17. The topological polar surface area (TPSA) is 53.7 Å². The third-order valence-electron chi connectivity index (χ3n) is 1.78. The number of hydrogen-bond acceptors (Lipinski definition) is 4. The minimum absolute atomic E-state index is 0.636. The first kappa shape index (κ1) is 18.2. The number of nitrogens with two attached hydrogens (primary N) is 1. The van der Waals surface area contributed by atoms with Crippen LogP contribution in [0.4, 0.5) is 0 Å². The molecule has 0 aliphatic carbocycles. The molecule has 0 heterocycles. The normalized spacial score (nSPS) is 10.8. The Balaban J connectivity index is 0. The van der Waals surface area contributed by atoms with Crippen molar-refractivity contribution >= 4 is 8.80 Å². The molecule has 0 aromatic carbocycles. The molecule has 5 heteroatoms. The highest BCUT2D eigenvalue weighted by molar-refractivity contribution is 6.60. The van der Waals surface area contributed by atoms with Crippen molar-refractivity contribution < 1.29 is 13.3 Å². The highest BCUT2D eigenvalue weighted by atomic mass is 28.4. The Morgan fingerprint density at radius 3 is 1.56 bits per heavy atom. The molecule has 4 nitrogen and oxygen atoms in total. The predicted octanol–water partition coefficient (Wildman–Crippen LogP) is 2.19. The van der Waals surface area contributed by atoms with Gasteiger partial charge in [-0.05, 0) is 33.7 Å². The molecule has 2 N–H and O–H groups in total. The van der Waals surface area contributed by atoms with E-state index >= 15 is 0 Å². The van der Waals surface area contributed by atoms with Gasteiger partial charge in [-0.3, -0.25) is 0 Å². The highest BCUT2D eigenvalue weighted by Gasteiger charge is 2.39. The fourth-order valence-corrected chi connectivity index (χ4v) is 3.96. The summed E-state index contributed by atoms with van der Waals surface area (Å²) in [4.78, 5) is 0. The Hall–Kier alpha value is -0.203. The number of rotatable bonds is 9. The molecule has 0 rings (SSSR count). The molecule has 0 aliphatic heterocycles. The molecule has 98 valence electrons. The molecule has 0 atom stereocenters. The lowest BCUT2D eigenvalue weighted by molar-refractivity contribution is 0.0710. The van der Waals surface area contributed by atoms with Crippen LogP contribution in [0.25, 0.3) is 0 Å². The van der Waals surface area contributed by atoms with Crippen molar-refractivity contribution in [3.63, 3.8) is 0 Å². The van der Waals surface area contributed by atoms with Crippen molar-refractivity contribution in [2.75, 3.05) is 26.4 Å². The summed E-state index contributed by atoms with van der Waals surface area (Å²) in [5.74, 6) is 0. The molecule has 0 spiro atoms. The van der Waals surface area contributed by atoms with E-state index < -0.39 is 8.80 Å². The zero-order chi connectivity index (χ0) is 12.9. The maximum absolute atomic E-state index is 5.65. The smallest absolute Gasteiger partial charge is 0.374 e. The Morgan fingerprint density at radius 1 is 0.938 bits per heavy atom. The maximum Gasteiger partial charge on any atom is 0.500 e. The third kappa shape index (κ3) is 8.01. The van der Waals surface area contributed by atoms with Gasteiger partial charge >= 0.3 is 8.80 Å². The van der Waals surface area contributed by atoms with Gasteiger partial charge in [-0.1, -0.05) is 0 Å². The van der Waals surface area contributed by atoms with Crippen LogP contribution in [0, 0.1) is 0 Å². The molecule has 0 saturated carbocycles. The Morgan fingerprint density at radius 2 is 1.31 bits per heavy atom. The van der Waals surface area contributed by atoms with E-state index in [4.69, 9.17) is 19.0 Å². The van der Waals surface area contributed by atoms with Gasteiger partial charge in [0, 0.05) is 25.9 Å². The average molecular weight is 249 g/mol. The molecule has 0 fully saturated rings. The van der Waals surface area contributed by atoms with Gasteiger partial charge in [-0.25, -0.2) is 0 Å². The standard InChI is InChI=1S/C9H23NO3Si.C2H4/c1-4-11-14(12-5-2,13-6-3)9-7-8-10;1-2/h4-10H2,1-3H3;1-2H2. The van der Waals surface area contributed by atoms with Crippen LogP contribution in [0.3, 0.4) is 0 Å². The summed E-state index contributed by atoms with van der Waals surface area (Å²) in [7, 11) is -2.40. The van der Waals surface area contributed by atoms with Crippen LogP contribution >= 0.6 is 0 Å². The van der Waals surface area contributed by atoms with Gasteiger partial charge in [0.2, 0.25) is 0 Å². The van der Waals surface area contributed by atoms with Gasteiger partial charge in [0.1, 0.15) is 0 Å². The van der Waals surface area contributed by atoms with E-state index in [1.165, 1.54) is 0 Å². The van der Waals surface area contributed by atoms with E-state index in [9.17, 15) is 0 Å². The van der Waals surface area contributed by atoms with Crippen LogP contribution in [0.2, 0.25) is 6.04 Å². The van der Waals surface area contributed by atoms with Crippen LogP contribution in [-0.4, -0.2) is 35.2 Å². The summed E-state index contributed by atoms with van der Waals surface area (Å²) in [5, 5.41) is 0. The summed E-state index contributed by atoms with van der Waals surface area (Å²) >= 11 is 0. The van der Waals surface area contributed by atoms with E-state index in [1.54, 1.807) is 0 Å². The quantitative estimate of drug-likeness (QED) is 0.503. The minimum atomic E-state index is -2.40. The Labute approximate surface area is 101 Å². The third-order valence-corrected chi connectivity index (χ3v) is 4.93. The largest absolute Gasteiger partial charge is 0.500 e. The zero-order valence-corrected chi connectivity index (χ0v) is 12.0. The molecule has 0 aromatic rings. The van der Waals surface area contributed by atoms with Crippen molar-refractivity contribution in [2.24, 2.45) is 5.73 Å². The predicted molar refractivity (Wildman–Crippen MR) is 70.4 cm³/mol. The minimum Gasteiger partial charge on any atom is -0.374 e. The van der Waals surface area contributed by atoms with Gasteiger partial charge < -0.3 is 19.0 Å². The first-order valence-corrected chi connectivity index (χ1v) is 7.79. The molecule has 0 bridgehead atoms. The summed E-state index contributed by atoms with van der Waals surface area (Å²) in [6, 6.07) is 0.818. The first-order valence-electron chi connectivity index (χ1n) is 5.86. The van der Waals surface area contributed by atoms with Crippen molar-refractivity contribution in [1.82, 2.24) is 0 Å². The second-order valence-corrected chi connectivity index (χ2v) is 5.61. The van der Waals surface area contributed by atoms with Crippen LogP contribution in [0.15, 0.2) is 13.2 Å². The number of hydrogen-bond donors (Lipinski definition) is 1. The first-order chi connectivity index (χ1) is 7.74. The van der Waals surface area contributed by atoms with Crippen molar-refractivity contribution in [1.29, 1.82) is 0 Å². The Bertz CT molecular complexity index is 130. The van der Waals surface area contributed by atoms with Gasteiger partial charge in [-0.2, -0.15) is 0 Å². The van der Waals surface area contributed by atoms with Crippen LogP contribution in [0.1, 0.15) is 27.2 Å². The summed E-state index contributed by atoms with van der Waals surface area (Å²) < 4.78 is 17.0. The Kier molecular flexibility index (Phi) is 14.6. The van der Waals surface area contributed by atoms with Gasteiger partial charge in [0.15, 0.2) is 0 Å². The van der Waals surface area contributed by atoms with Crippen LogP contribution in [0.5, 0.6) is 0 Å². The van der Waals surface area contributed by atoms with E-state index in [0.29, 0.717) is 26.4 Å². The second kappa shape index (κ2) is 12.9. The summed E-state index contributed by atoms with van der Waals surface area (Å²) in [5.41, 5.74) is 5.48. The van der Waals surface area contributed by atoms with E-state index in [2.05, 4.69) is 13.2 Å². The lowest BCUT2D eigenvalue weighted by Gasteiger charge is -2.28. The fourth-order valence-electron chi connectivity index (χ4n) is 1.32. The lowest BCUT2D eigenvalue weighted by Crippen LogP contribution is -2.46. The SMILES string of the molecule is C=C.CCO[Si](CCCN)(OCC)OCC. The molecule has 0 aromatic heterocycles.